The molecule has 0 bridgehead atoms. The molecule has 0 N–H and O–H groups in total. The zero-order valence-electron chi connectivity index (χ0n) is 16.5. The summed E-state index contributed by atoms with van der Waals surface area (Å²) in [5.74, 6) is 6.43. The van der Waals surface area contributed by atoms with Crippen molar-refractivity contribution < 1.29 is 9.53 Å². The minimum Gasteiger partial charge on any atom is -0.449 e. The maximum Gasteiger partial charge on any atom is 0.339 e. The van der Waals surface area contributed by atoms with Gasteiger partial charge in [0, 0.05) is 19.5 Å². The van der Waals surface area contributed by atoms with Crippen molar-refractivity contribution in [1.29, 1.82) is 0 Å². The second-order valence-corrected chi connectivity index (χ2v) is 7.00. The number of benzene rings is 1. The molecule has 1 aliphatic rings. The fourth-order valence-corrected chi connectivity index (χ4v) is 3.01. The maximum atomic E-state index is 12.4. The molecule has 26 heavy (non-hydrogen) atoms. The molecule has 1 aromatic rings. The summed E-state index contributed by atoms with van der Waals surface area (Å²) >= 11 is 0. The topological polar surface area (TPSA) is 41.9 Å². The highest BCUT2D eigenvalue weighted by Gasteiger charge is 2.13. The van der Waals surface area contributed by atoms with Gasteiger partial charge in [-0.05, 0) is 56.9 Å². The molecule has 0 amide bonds. The van der Waals surface area contributed by atoms with E-state index < -0.39 is 0 Å². The fourth-order valence-electron chi connectivity index (χ4n) is 3.01. The monoisotopic (exact) mass is 354 g/mol. The summed E-state index contributed by atoms with van der Waals surface area (Å²) in [5.41, 5.74) is 3.28. The Labute approximate surface area is 157 Å². The van der Waals surface area contributed by atoms with Crippen LogP contribution in [0, 0.1) is 31.6 Å². The second-order valence-electron chi connectivity index (χ2n) is 7.00. The number of esters is 1. The molecule has 4 heteroatoms. The van der Waals surface area contributed by atoms with E-state index in [1.165, 1.54) is 32.1 Å². The Balaban J connectivity index is 1.97. The first-order valence-electron chi connectivity index (χ1n) is 9.52. The van der Waals surface area contributed by atoms with Crippen LogP contribution in [0.15, 0.2) is 17.1 Å². The summed E-state index contributed by atoms with van der Waals surface area (Å²) in [7, 11) is 1.98. The minimum atomic E-state index is -0.315. The van der Waals surface area contributed by atoms with Gasteiger partial charge in [0.2, 0.25) is 0 Å². The maximum absolute atomic E-state index is 12.4. The molecule has 4 nitrogen and oxygen atoms in total. The van der Waals surface area contributed by atoms with Gasteiger partial charge in [0.1, 0.15) is 0 Å². The Hall–Kier alpha value is -2.28. The van der Waals surface area contributed by atoms with E-state index in [2.05, 4.69) is 23.8 Å². The number of nitrogens with zero attached hydrogens (tertiary/aromatic N) is 2. The molecule has 1 fully saturated rings. The van der Waals surface area contributed by atoms with Crippen molar-refractivity contribution >= 4 is 18.0 Å². The number of aliphatic imine (C=N–C) groups is 1. The van der Waals surface area contributed by atoms with Crippen LogP contribution in [0.2, 0.25) is 0 Å². The van der Waals surface area contributed by atoms with Crippen molar-refractivity contribution in [2.24, 2.45) is 10.9 Å². The van der Waals surface area contributed by atoms with E-state index in [4.69, 9.17) is 4.74 Å². The molecule has 0 saturated heterocycles. The second kappa shape index (κ2) is 10.0. The van der Waals surface area contributed by atoms with Gasteiger partial charge in [-0.2, -0.15) is 0 Å². The van der Waals surface area contributed by atoms with Crippen molar-refractivity contribution in [3.05, 3.63) is 28.8 Å². The van der Waals surface area contributed by atoms with Gasteiger partial charge in [-0.25, -0.2) is 9.79 Å². The highest BCUT2D eigenvalue weighted by molar-refractivity contribution is 5.92. The number of hydrogen-bond donors (Lipinski definition) is 0. The van der Waals surface area contributed by atoms with E-state index in [-0.39, 0.29) is 12.6 Å². The SMILES string of the molecule is CCN(C)/C=N/c1cc(C)c(C(=O)OCC#CC2CCCCC2)cc1C. The molecule has 0 radical (unpaired) electrons. The Bertz CT molecular complexity index is 707. The molecule has 140 valence electrons. The quantitative estimate of drug-likeness (QED) is 0.334. The molecule has 1 saturated carbocycles. The van der Waals surface area contributed by atoms with Gasteiger partial charge in [-0.3, -0.25) is 0 Å². The summed E-state index contributed by atoms with van der Waals surface area (Å²) in [4.78, 5) is 18.8. The Morgan fingerprint density at radius 2 is 2.00 bits per heavy atom. The van der Waals surface area contributed by atoms with Crippen LogP contribution in [0.3, 0.4) is 0 Å². The first-order valence-corrected chi connectivity index (χ1v) is 9.52. The Kier molecular flexibility index (Phi) is 7.72. The lowest BCUT2D eigenvalue weighted by molar-refractivity contribution is 0.0555. The highest BCUT2D eigenvalue weighted by atomic mass is 16.5. The van der Waals surface area contributed by atoms with E-state index in [1.807, 2.05) is 37.9 Å². The van der Waals surface area contributed by atoms with E-state index in [0.717, 1.165) is 23.4 Å². The highest BCUT2D eigenvalue weighted by Crippen LogP contribution is 2.24. The molecule has 0 aliphatic heterocycles. The molecule has 1 aliphatic carbocycles. The molecule has 0 unspecified atom stereocenters. The lowest BCUT2D eigenvalue weighted by Gasteiger charge is -2.15. The predicted octanol–water partition coefficient (Wildman–Crippen LogP) is 4.66. The van der Waals surface area contributed by atoms with Crippen molar-refractivity contribution in [3.63, 3.8) is 0 Å². The van der Waals surface area contributed by atoms with Crippen LogP contribution in [0.5, 0.6) is 0 Å². The third-order valence-electron chi connectivity index (χ3n) is 4.84. The zero-order valence-corrected chi connectivity index (χ0v) is 16.5. The first kappa shape index (κ1) is 20.0. The van der Waals surface area contributed by atoms with Crippen LogP contribution in [0.4, 0.5) is 5.69 Å². The Morgan fingerprint density at radius 3 is 2.69 bits per heavy atom. The van der Waals surface area contributed by atoms with Crippen LogP contribution in [-0.2, 0) is 4.74 Å². The van der Waals surface area contributed by atoms with Crippen molar-refractivity contribution in [3.8, 4) is 11.8 Å². The first-order chi connectivity index (χ1) is 12.5. The molecule has 0 spiro atoms. The summed E-state index contributed by atoms with van der Waals surface area (Å²) in [6.45, 7) is 6.99. The lowest BCUT2D eigenvalue weighted by Crippen LogP contribution is -2.14. The van der Waals surface area contributed by atoms with Gasteiger partial charge in [0.25, 0.3) is 0 Å². The average molecular weight is 354 g/mol. The molecule has 0 aromatic heterocycles. The third kappa shape index (κ3) is 5.91. The van der Waals surface area contributed by atoms with Crippen LogP contribution in [0.25, 0.3) is 0 Å². The van der Waals surface area contributed by atoms with Crippen LogP contribution in [0.1, 0.15) is 60.5 Å². The molecule has 2 rings (SSSR count). The normalized spacial score (nSPS) is 14.8. The lowest BCUT2D eigenvalue weighted by atomic mass is 9.90. The van der Waals surface area contributed by atoms with Gasteiger partial charge >= 0.3 is 5.97 Å². The average Bonchev–Trinajstić information content (AvgIpc) is 2.65. The number of aryl methyl sites for hydroxylation is 2. The molecule has 0 heterocycles. The van der Waals surface area contributed by atoms with Crippen molar-refractivity contribution in [1.82, 2.24) is 4.90 Å². The number of ether oxygens (including phenoxy) is 1. The molecular formula is C22H30N2O2. The van der Waals surface area contributed by atoms with Gasteiger partial charge < -0.3 is 9.64 Å². The zero-order chi connectivity index (χ0) is 18.9. The smallest absolute Gasteiger partial charge is 0.339 e. The largest absolute Gasteiger partial charge is 0.449 e. The Morgan fingerprint density at radius 1 is 1.27 bits per heavy atom. The molecular weight excluding hydrogens is 324 g/mol. The van der Waals surface area contributed by atoms with Gasteiger partial charge in [-0.15, -0.1) is 0 Å². The van der Waals surface area contributed by atoms with Gasteiger partial charge in [0.15, 0.2) is 6.61 Å². The number of hydrogen-bond acceptors (Lipinski definition) is 3. The third-order valence-corrected chi connectivity index (χ3v) is 4.84. The molecule has 0 atom stereocenters. The van der Waals surface area contributed by atoms with Crippen LogP contribution >= 0.6 is 0 Å². The van der Waals surface area contributed by atoms with E-state index in [0.29, 0.717) is 11.5 Å². The van der Waals surface area contributed by atoms with Gasteiger partial charge in [0.05, 0.1) is 17.6 Å². The minimum absolute atomic E-state index is 0.162. The summed E-state index contributed by atoms with van der Waals surface area (Å²) in [6, 6.07) is 3.78. The van der Waals surface area contributed by atoms with Crippen LogP contribution < -0.4 is 0 Å². The van der Waals surface area contributed by atoms with E-state index in [1.54, 1.807) is 6.34 Å². The predicted molar refractivity (Wildman–Crippen MR) is 107 cm³/mol. The number of rotatable bonds is 5. The standard InChI is InChI=1S/C22H30N2O2/c1-5-24(4)16-23-21-15-17(2)20(14-18(21)3)22(25)26-13-9-12-19-10-7-6-8-11-19/h14-16,19H,5-8,10-11,13H2,1-4H3/b23-16+. The number of carbonyl (C=O) groups is 1. The number of carbonyl (C=O) groups excluding carboxylic acids is 1. The van der Waals surface area contributed by atoms with E-state index in [9.17, 15) is 4.79 Å². The summed E-state index contributed by atoms with van der Waals surface area (Å²) in [5, 5.41) is 0. The van der Waals surface area contributed by atoms with Crippen molar-refractivity contribution in [2.75, 3.05) is 20.2 Å². The molecule has 1 aromatic carbocycles. The summed E-state index contributed by atoms with van der Waals surface area (Å²) < 4.78 is 5.35. The van der Waals surface area contributed by atoms with Crippen molar-refractivity contribution in [2.45, 2.75) is 52.9 Å². The fraction of sp³-hybridized carbons (Fsp3) is 0.545. The summed E-state index contributed by atoms with van der Waals surface area (Å²) in [6.07, 6.45) is 8.01. The van der Waals surface area contributed by atoms with E-state index >= 15 is 0 Å². The van der Waals surface area contributed by atoms with Crippen LogP contribution in [-0.4, -0.2) is 37.4 Å². The van der Waals surface area contributed by atoms with Gasteiger partial charge in [-0.1, -0.05) is 31.1 Å².